The minimum atomic E-state index is -0.0796. The van der Waals surface area contributed by atoms with Crippen LogP contribution in [0.5, 0.6) is 0 Å². The minimum absolute atomic E-state index is 0.0796. The zero-order valence-electron chi connectivity index (χ0n) is 12.4. The molecule has 5 heteroatoms. The molecule has 0 bridgehead atoms. The SMILES string of the molecule is CC(C)(C)c1nnc(CN2CCCCC2CCN)o1. The molecule has 1 aromatic heterocycles. The van der Waals surface area contributed by atoms with E-state index in [9.17, 15) is 0 Å². The van der Waals surface area contributed by atoms with Gasteiger partial charge < -0.3 is 10.2 Å². The van der Waals surface area contributed by atoms with Gasteiger partial charge in [-0.05, 0) is 32.4 Å². The van der Waals surface area contributed by atoms with Gasteiger partial charge in [-0.25, -0.2) is 0 Å². The van der Waals surface area contributed by atoms with E-state index in [-0.39, 0.29) is 5.41 Å². The van der Waals surface area contributed by atoms with Gasteiger partial charge in [0.15, 0.2) is 0 Å². The summed E-state index contributed by atoms with van der Waals surface area (Å²) in [4.78, 5) is 2.44. The van der Waals surface area contributed by atoms with Crippen LogP contribution in [0.2, 0.25) is 0 Å². The van der Waals surface area contributed by atoms with Gasteiger partial charge in [-0.15, -0.1) is 10.2 Å². The average molecular weight is 266 g/mol. The van der Waals surface area contributed by atoms with E-state index in [1.54, 1.807) is 0 Å². The molecule has 0 saturated carbocycles. The molecule has 1 fully saturated rings. The smallest absolute Gasteiger partial charge is 0.230 e. The van der Waals surface area contributed by atoms with Gasteiger partial charge in [0.25, 0.3) is 0 Å². The van der Waals surface area contributed by atoms with Gasteiger partial charge in [-0.2, -0.15) is 0 Å². The van der Waals surface area contributed by atoms with Gasteiger partial charge >= 0.3 is 0 Å². The maximum absolute atomic E-state index is 5.78. The summed E-state index contributed by atoms with van der Waals surface area (Å²) in [5, 5.41) is 8.34. The van der Waals surface area contributed by atoms with Crippen molar-refractivity contribution in [1.82, 2.24) is 15.1 Å². The highest BCUT2D eigenvalue weighted by Crippen LogP contribution is 2.24. The highest BCUT2D eigenvalue weighted by Gasteiger charge is 2.25. The van der Waals surface area contributed by atoms with E-state index >= 15 is 0 Å². The first-order valence-electron chi connectivity index (χ1n) is 7.27. The molecule has 0 amide bonds. The van der Waals surface area contributed by atoms with Crippen LogP contribution in [0.15, 0.2) is 4.42 Å². The van der Waals surface area contributed by atoms with Crippen molar-refractivity contribution in [2.45, 2.75) is 64.5 Å². The molecule has 5 nitrogen and oxygen atoms in total. The van der Waals surface area contributed by atoms with Crippen LogP contribution in [0.1, 0.15) is 58.2 Å². The Balaban J connectivity index is 2.00. The normalized spacial score (nSPS) is 21.8. The van der Waals surface area contributed by atoms with Crippen LogP contribution in [-0.4, -0.2) is 34.2 Å². The van der Waals surface area contributed by atoms with E-state index < -0.39 is 0 Å². The second-order valence-electron chi connectivity index (χ2n) is 6.45. The topological polar surface area (TPSA) is 68.2 Å². The molecular weight excluding hydrogens is 240 g/mol. The number of nitrogens with two attached hydrogens (primary N) is 1. The predicted molar refractivity (Wildman–Crippen MR) is 74.7 cm³/mol. The predicted octanol–water partition coefficient (Wildman–Crippen LogP) is 2.07. The minimum Gasteiger partial charge on any atom is -0.423 e. The molecule has 1 saturated heterocycles. The lowest BCUT2D eigenvalue weighted by Crippen LogP contribution is -2.40. The third-order valence-corrected chi connectivity index (χ3v) is 3.70. The lowest BCUT2D eigenvalue weighted by molar-refractivity contribution is 0.121. The third-order valence-electron chi connectivity index (χ3n) is 3.70. The summed E-state index contributed by atoms with van der Waals surface area (Å²) in [6.07, 6.45) is 4.84. The summed E-state index contributed by atoms with van der Waals surface area (Å²) in [5.74, 6) is 1.45. The zero-order chi connectivity index (χ0) is 13.9. The van der Waals surface area contributed by atoms with Crippen molar-refractivity contribution >= 4 is 0 Å². The van der Waals surface area contributed by atoms with Crippen LogP contribution in [0.3, 0.4) is 0 Å². The molecule has 2 heterocycles. The number of likely N-dealkylation sites (tertiary alicyclic amines) is 1. The lowest BCUT2D eigenvalue weighted by Gasteiger charge is -2.34. The maximum Gasteiger partial charge on any atom is 0.230 e. The van der Waals surface area contributed by atoms with Crippen molar-refractivity contribution in [3.63, 3.8) is 0 Å². The molecule has 2 N–H and O–H groups in total. The van der Waals surface area contributed by atoms with Crippen molar-refractivity contribution in [3.05, 3.63) is 11.8 Å². The first-order valence-corrected chi connectivity index (χ1v) is 7.27. The Kier molecular flexibility index (Phi) is 4.58. The fourth-order valence-electron chi connectivity index (χ4n) is 2.58. The van der Waals surface area contributed by atoms with E-state index in [4.69, 9.17) is 10.2 Å². The quantitative estimate of drug-likeness (QED) is 0.903. The van der Waals surface area contributed by atoms with Crippen LogP contribution < -0.4 is 5.73 Å². The monoisotopic (exact) mass is 266 g/mol. The molecule has 19 heavy (non-hydrogen) atoms. The number of hydrogen-bond donors (Lipinski definition) is 1. The van der Waals surface area contributed by atoms with Crippen molar-refractivity contribution < 1.29 is 4.42 Å². The molecule has 108 valence electrons. The highest BCUT2D eigenvalue weighted by molar-refractivity contribution is 4.96. The molecule has 1 aliphatic heterocycles. The molecule has 1 unspecified atom stereocenters. The molecule has 1 atom stereocenters. The Bertz CT molecular complexity index is 394. The summed E-state index contributed by atoms with van der Waals surface area (Å²) in [7, 11) is 0. The summed E-state index contributed by atoms with van der Waals surface area (Å²) in [5.41, 5.74) is 5.62. The van der Waals surface area contributed by atoms with Crippen molar-refractivity contribution in [2.75, 3.05) is 13.1 Å². The van der Waals surface area contributed by atoms with Crippen LogP contribution in [-0.2, 0) is 12.0 Å². The second kappa shape index (κ2) is 6.01. The van der Waals surface area contributed by atoms with Gasteiger partial charge in [0.1, 0.15) is 0 Å². The highest BCUT2D eigenvalue weighted by atomic mass is 16.4. The van der Waals surface area contributed by atoms with E-state index in [1.807, 2.05) is 0 Å². The van der Waals surface area contributed by atoms with E-state index in [0.29, 0.717) is 6.04 Å². The first kappa shape index (κ1) is 14.5. The van der Waals surface area contributed by atoms with Gasteiger partial charge in [0.2, 0.25) is 11.8 Å². The summed E-state index contributed by atoms with van der Waals surface area (Å²) < 4.78 is 5.78. The number of piperidine rings is 1. The average Bonchev–Trinajstić information content (AvgIpc) is 2.80. The molecular formula is C14H26N4O. The number of rotatable bonds is 4. The largest absolute Gasteiger partial charge is 0.423 e. The third kappa shape index (κ3) is 3.76. The van der Waals surface area contributed by atoms with Crippen molar-refractivity contribution in [2.24, 2.45) is 5.73 Å². The lowest BCUT2D eigenvalue weighted by atomic mass is 9.97. The zero-order valence-corrected chi connectivity index (χ0v) is 12.4. The second-order valence-corrected chi connectivity index (χ2v) is 6.45. The number of aromatic nitrogens is 2. The van der Waals surface area contributed by atoms with Crippen LogP contribution in [0.25, 0.3) is 0 Å². The fraction of sp³-hybridized carbons (Fsp3) is 0.857. The van der Waals surface area contributed by atoms with E-state index in [0.717, 1.165) is 37.8 Å². The molecule has 1 aromatic rings. The summed E-state index contributed by atoms with van der Waals surface area (Å²) in [6, 6.07) is 0.573. The van der Waals surface area contributed by atoms with E-state index in [2.05, 4.69) is 35.9 Å². The van der Waals surface area contributed by atoms with Gasteiger partial charge in [0.05, 0.1) is 6.54 Å². The Morgan fingerprint density at radius 2 is 2.11 bits per heavy atom. The number of nitrogens with zero attached hydrogens (tertiary/aromatic N) is 3. The van der Waals surface area contributed by atoms with E-state index in [1.165, 1.54) is 19.3 Å². The summed E-state index contributed by atoms with van der Waals surface area (Å²) >= 11 is 0. The maximum atomic E-state index is 5.78. The standard InChI is InChI=1S/C14H26N4O/c1-14(2,3)13-17-16-12(19-13)10-18-9-5-4-6-11(18)7-8-15/h11H,4-10,15H2,1-3H3. The van der Waals surface area contributed by atoms with Gasteiger partial charge in [-0.3, -0.25) is 4.90 Å². The van der Waals surface area contributed by atoms with Crippen LogP contribution in [0, 0.1) is 0 Å². The Hall–Kier alpha value is -0.940. The molecule has 1 aliphatic rings. The first-order chi connectivity index (χ1) is 9.00. The molecule has 0 aromatic carbocycles. The summed E-state index contributed by atoms with van der Waals surface area (Å²) in [6.45, 7) is 8.87. The molecule has 2 rings (SSSR count). The fourth-order valence-corrected chi connectivity index (χ4v) is 2.58. The Morgan fingerprint density at radius 1 is 1.32 bits per heavy atom. The van der Waals surface area contributed by atoms with Crippen molar-refractivity contribution in [3.8, 4) is 0 Å². The van der Waals surface area contributed by atoms with Crippen LogP contribution >= 0.6 is 0 Å². The van der Waals surface area contributed by atoms with Crippen LogP contribution in [0.4, 0.5) is 0 Å². The van der Waals surface area contributed by atoms with Gasteiger partial charge in [0, 0.05) is 11.5 Å². The Morgan fingerprint density at radius 3 is 2.74 bits per heavy atom. The Labute approximate surface area is 115 Å². The molecule has 0 aliphatic carbocycles. The molecule has 0 spiro atoms. The molecule has 0 radical (unpaired) electrons. The van der Waals surface area contributed by atoms with Gasteiger partial charge in [-0.1, -0.05) is 27.2 Å². The van der Waals surface area contributed by atoms with Crippen molar-refractivity contribution in [1.29, 1.82) is 0 Å². The number of hydrogen-bond acceptors (Lipinski definition) is 5.